The Morgan fingerprint density at radius 1 is 1.21 bits per heavy atom. The van der Waals surface area contributed by atoms with Gasteiger partial charge in [-0.3, -0.25) is 14.2 Å². The van der Waals surface area contributed by atoms with Crippen LogP contribution in [0.4, 0.5) is 10.1 Å². The molecule has 3 heterocycles. The lowest BCUT2D eigenvalue weighted by atomic mass is 9.98. The third kappa shape index (κ3) is 3.18. The lowest BCUT2D eigenvalue weighted by Crippen LogP contribution is -2.18. The number of carbonyl (C=O) groups excluding carboxylic acids is 1. The number of rotatable bonds is 4. The highest BCUT2D eigenvalue weighted by atomic mass is 19.1. The monoisotopic (exact) mass is 376 g/mol. The van der Waals surface area contributed by atoms with Gasteiger partial charge in [-0.25, -0.2) is 9.37 Å². The van der Waals surface area contributed by atoms with E-state index in [1.54, 1.807) is 54.7 Å². The third-order valence-corrected chi connectivity index (χ3v) is 4.63. The molecule has 1 aliphatic rings. The van der Waals surface area contributed by atoms with E-state index < -0.39 is 5.82 Å². The van der Waals surface area contributed by atoms with Crippen LogP contribution in [0.25, 0.3) is 5.65 Å². The van der Waals surface area contributed by atoms with Gasteiger partial charge >= 0.3 is 0 Å². The van der Waals surface area contributed by atoms with Crippen molar-refractivity contribution in [1.82, 2.24) is 14.4 Å². The smallest absolute Gasteiger partial charge is 0.211 e. The minimum absolute atomic E-state index is 0.0991. The Morgan fingerprint density at radius 2 is 2.00 bits per heavy atom. The number of Topliss-reactive ketones (excluding diaryl/α,β-unsaturated/α-hetero) is 1. The van der Waals surface area contributed by atoms with Gasteiger partial charge in [0.05, 0.1) is 6.20 Å². The number of aromatic nitrogens is 3. The Balaban J connectivity index is 1.58. The molecule has 0 bridgehead atoms. The van der Waals surface area contributed by atoms with Crippen LogP contribution in [0.5, 0.6) is 0 Å². The number of halogens is 1. The first-order valence-corrected chi connectivity index (χ1v) is 8.66. The molecule has 7 heteroatoms. The summed E-state index contributed by atoms with van der Waals surface area (Å²) in [4.78, 5) is 22.6. The first-order chi connectivity index (χ1) is 13.5. The van der Waals surface area contributed by atoms with E-state index in [4.69, 9.17) is 0 Å². The van der Waals surface area contributed by atoms with Crippen LogP contribution in [0.3, 0.4) is 0 Å². The minimum atomic E-state index is -0.443. The summed E-state index contributed by atoms with van der Waals surface area (Å²) in [5, 5.41) is 10.5. The van der Waals surface area contributed by atoms with Gasteiger partial charge in [0.25, 0.3) is 0 Å². The van der Waals surface area contributed by atoms with E-state index in [2.05, 4.69) is 9.97 Å². The van der Waals surface area contributed by atoms with E-state index in [-0.39, 0.29) is 17.4 Å². The van der Waals surface area contributed by atoms with Crippen molar-refractivity contribution in [3.63, 3.8) is 0 Å². The van der Waals surface area contributed by atoms with Crippen LogP contribution in [-0.4, -0.2) is 32.3 Å². The zero-order chi connectivity index (χ0) is 19.7. The number of fused-ring (bicyclic) bond motifs is 1. The Labute approximate surface area is 160 Å². The summed E-state index contributed by atoms with van der Waals surface area (Å²) in [6.07, 6.45) is 11.5. The summed E-state index contributed by atoms with van der Waals surface area (Å²) in [7, 11) is 1.75. The van der Waals surface area contributed by atoms with E-state index in [9.17, 15) is 14.3 Å². The molecule has 1 N–H and O–H groups in total. The first-order valence-electron chi connectivity index (χ1n) is 8.66. The second-order valence-corrected chi connectivity index (χ2v) is 6.36. The Hall–Kier alpha value is -3.74. The fraction of sp³-hybridized carbons (Fsp3) is 0.0952. The molecule has 0 spiro atoms. The number of hydrogen-bond donors (Lipinski definition) is 1. The predicted octanol–water partition coefficient (Wildman–Crippen LogP) is 3.84. The van der Waals surface area contributed by atoms with E-state index in [0.717, 1.165) is 5.69 Å². The van der Waals surface area contributed by atoms with Crippen molar-refractivity contribution in [2.24, 2.45) is 0 Å². The Morgan fingerprint density at radius 3 is 2.71 bits per heavy atom. The quantitative estimate of drug-likeness (QED) is 0.553. The van der Waals surface area contributed by atoms with E-state index in [1.165, 1.54) is 28.9 Å². The van der Waals surface area contributed by atoms with Crippen LogP contribution in [0.1, 0.15) is 16.9 Å². The molecule has 140 valence electrons. The van der Waals surface area contributed by atoms with Gasteiger partial charge in [0, 0.05) is 42.5 Å². The number of anilines is 1. The maximum absolute atomic E-state index is 13.5. The second-order valence-electron chi connectivity index (χ2n) is 6.36. The number of aliphatic hydroxyl groups is 1. The van der Waals surface area contributed by atoms with E-state index in [0.29, 0.717) is 23.2 Å². The number of allylic oxidation sites excluding steroid dienone is 5. The first kappa shape index (κ1) is 17.7. The van der Waals surface area contributed by atoms with Gasteiger partial charge in [0.1, 0.15) is 17.2 Å². The van der Waals surface area contributed by atoms with Crippen molar-refractivity contribution >= 4 is 17.1 Å². The topological polar surface area (TPSA) is 70.7 Å². The van der Waals surface area contributed by atoms with Crippen molar-refractivity contribution in [1.29, 1.82) is 0 Å². The zero-order valence-corrected chi connectivity index (χ0v) is 15.1. The van der Waals surface area contributed by atoms with Gasteiger partial charge in [-0.15, -0.1) is 0 Å². The SMILES string of the molecule is CN(C(O)=C1C=CC(C(=O)c2cnc3ccc(F)cn23)=CC1)c1ccncc1. The summed E-state index contributed by atoms with van der Waals surface area (Å²) in [6, 6.07) is 6.40. The molecular formula is C21H17FN4O2. The maximum Gasteiger partial charge on any atom is 0.211 e. The number of carbonyl (C=O) groups is 1. The molecule has 0 fully saturated rings. The Bertz CT molecular complexity index is 1150. The molecule has 28 heavy (non-hydrogen) atoms. The van der Waals surface area contributed by atoms with E-state index >= 15 is 0 Å². The van der Waals surface area contributed by atoms with Crippen molar-refractivity contribution in [2.45, 2.75) is 6.42 Å². The summed E-state index contributed by atoms with van der Waals surface area (Å²) >= 11 is 0. The number of ketones is 1. The van der Waals surface area contributed by atoms with Crippen LogP contribution in [0.2, 0.25) is 0 Å². The average Bonchev–Trinajstić information content (AvgIpc) is 3.16. The summed E-state index contributed by atoms with van der Waals surface area (Å²) in [6.45, 7) is 0. The third-order valence-electron chi connectivity index (χ3n) is 4.63. The molecule has 0 atom stereocenters. The molecule has 0 unspecified atom stereocenters. The van der Waals surface area contributed by atoms with Crippen molar-refractivity contribution in [2.75, 3.05) is 11.9 Å². The molecule has 3 aromatic heterocycles. The standard InChI is InChI=1S/C21H17FN4O2/c1-25(17-8-10-23-11-9-17)21(28)15-4-2-14(3-5-15)20(27)18-12-24-19-7-6-16(22)13-26(18)19/h2-4,6-13,28H,5H2,1H3. The van der Waals surface area contributed by atoms with Crippen LogP contribution in [-0.2, 0) is 0 Å². The van der Waals surface area contributed by atoms with Crippen LogP contribution >= 0.6 is 0 Å². The summed E-state index contributed by atoms with van der Waals surface area (Å²) < 4.78 is 15.0. The molecule has 3 aromatic rings. The van der Waals surface area contributed by atoms with Gasteiger partial charge in [-0.1, -0.05) is 18.2 Å². The molecule has 0 amide bonds. The Kier molecular flexibility index (Phi) is 4.49. The van der Waals surface area contributed by atoms with E-state index in [1.807, 2.05) is 0 Å². The summed E-state index contributed by atoms with van der Waals surface area (Å²) in [5.74, 6) is -0.598. The molecule has 6 nitrogen and oxygen atoms in total. The maximum atomic E-state index is 13.5. The highest BCUT2D eigenvalue weighted by Gasteiger charge is 2.19. The average molecular weight is 376 g/mol. The van der Waals surface area contributed by atoms with Crippen LogP contribution in [0, 0.1) is 5.82 Å². The predicted molar refractivity (Wildman–Crippen MR) is 104 cm³/mol. The number of imidazole rings is 1. The molecule has 0 saturated carbocycles. The fourth-order valence-electron chi connectivity index (χ4n) is 3.06. The number of hydrogen-bond acceptors (Lipinski definition) is 5. The summed E-state index contributed by atoms with van der Waals surface area (Å²) in [5.41, 5.74) is 2.74. The number of aliphatic hydroxyl groups excluding tert-OH is 1. The second kappa shape index (κ2) is 7.11. The minimum Gasteiger partial charge on any atom is -0.494 e. The highest BCUT2D eigenvalue weighted by molar-refractivity contribution is 6.10. The molecule has 0 saturated heterocycles. The molecule has 4 rings (SSSR count). The fourth-order valence-corrected chi connectivity index (χ4v) is 3.06. The molecule has 0 aromatic carbocycles. The van der Waals surface area contributed by atoms with Gasteiger partial charge in [0.2, 0.25) is 5.78 Å². The normalized spacial score (nSPS) is 15.4. The number of pyridine rings is 2. The lowest BCUT2D eigenvalue weighted by Gasteiger charge is -2.21. The highest BCUT2D eigenvalue weighted by Crippen LogP contribution is 2.24. The van der Waals surface area contributed by atoms with Crippen molar-refractivity contribution in [3.8, 4) is 0 Å². The molecule has 0 aliphatic heterocycles. The largest absolute Gasteiger partial charge is 0.494 e. The molecule has 1 aliphatic carbocycles. The molecule has 0 radical (unpaired) electrons. The van der Waals surface area contributed by atoms with Crippen LogP contribution < -0.4 is 4.90 Å². The number of nitrogens with zero attached hydrogens (tertiary/aromatic N) is 4. The lowest BCUT2D eigenvalue weighted by molar-refractivity contribution is 0.103. The van der Waals surface area contributed by atoms with Crippen molar-refractivity contribution in [3.05, 3.63) is 95.8 Å². The van der Waals surface area contributed by atoms with Gasteiger partial charge in [0.15, 0.2) is 5.88 Å². The van der Waals surface area contributed by atoms with Crippen molar-refractivity contribution < 1.29 is 14.3 Å². The van der Waals surface area contributed by atoms with Gasteiger partial charge in [-0.2, -0.15) is 0 Å². The van der Waals surface area contributed by atoms with Crippen LogP contribution in [0.15, 0.2) is 84.3 Å². The zero-order valence-electron chi connectivity index (χ0n) is 15.1. The van der Waals surface area contributed by atoms with Gasteiger partial charge in [-0.05, 0) is 30.7 Å². The van der Waals surface area contributed by atoms with Gasteiger partial charge < -0.3 is 10.0 Å². The molecular weight excluding hydrogens is 359 g/mol.